The molecular weight excluding hydrogens is 340 g/mol. The van der Waals surface area contributed by atoms with Gasteiger partial charge in [-0.25, -0.2) is 0 Å². The summed E-state index contributed by atoms with van der Waals surface area (Å²) < 4.78 is 5.41. The summed E-state index contributed by atoms with van der Waals surface area (Å²) >= 11 is 0. The van der Waals surface area contributed by atoms with Gasteiger partial charge in [0.25, 0.3) is 5.91 Å². The van der Waals surface area contributed by atoms with Crippen molar-refractivity contribution in [3.8, 4) is 11.1 Å². The van der Waals surface area contributed by atoms with E-state index < -0.39 is 0 Å². The van der Waals surface area contributed by atoms with Gasteiger partial charge in [0.05, 0.1) is 6.26 Å². The van der Waals surface area contributed by atoms with Crippen molar-refractivity contribution in [1.29, 1.82) is 0 Å². The number of carbonyl (C=O) groups excluding carboxylic acids is 1. The molecule has 5 nitrogen and oxygen atoms in total. The van der Waals surface area contributed by atoms with Crippen molar-refractivity contribution in [3.05, 3.63) is 60.4 Å². The van der Waals surface area contributed by atoms with Crippen molar-refractivity contribution in [2.24, 2.45) is 0 Å². The molecule has 2 aromatic carbocycles. The van der Waals surface area contributed by atoms with Crippen LogP contribution in [0, 0.1) is 0 Å². The molecule has 3 aromatic rings. The Hall–Kier alpha value is -2.63. The highest BCUT2D eigenvalue weighted by Crippen LogP contribution is 2.26. The van der Waals surface area contributed by atoms with Gasteiger partial charge < -0.3 is 14.4 Å². The molecule has 4 rings (SSSR count). The molecule has 140 valence electrons. The van der Waals surface area contributed by atoms with Crippen molar-refractivity contribution in [2.45, 2.75) is 12.5 Å². The van der Waals surface area contributed by atoms with Crippen LogP contribution in [0.15, 0.2) is 59.2 Å². The summed E-state index contributed by atoms with van der Waals surface area (Å²) in [7, 11) is 2.05. The Labute approximate surface area is 158 Å². The van der Waals surface area contributed by atoms with Crippen LogP contribution in [-0.4, -0.2) is 60.1 Å². The van der Waals surface area contributed by atoms with Crippen LogP contribution >= 0.6 is 0 Å². The smallest absolute Gasteiger partial charge is 0.253 e. The highest BCUT2D eigenvalue weighted by molar-refractivity contribution is 5.96. The fourth-order valence-electron chi connectivity index (χ4n) is 3.75. The van der Waals surface area contributed by atoms with E-state index in [1.54, 1.807) is 6.26 Å². The maximum Gasteiger partial charge on any atom is 0.253 e. The molecule has 27 heavy (non-hydrogen) atoms. The molecule has 1 N–H and O–H groups in total. The van der Waals surface area contributed by atoms with E-state index in [1.165, 1.54) is 0 Å². The van der Waals surface area contributed by atoms with Crippen molar-refractivity contribution >= 4 is 16.9 Å². The number of piperazine rings is 1. The first-order valence-electron chi connectivity index (χ1n) is 9.34. The summed E-state index contributed by atoms with van der Waals surface area (Å²) in [6.07, 6.45) is 2.37. The largest absolute Gasteiger partial charge is 0.464 e. The van der Waals surface area contributed by atoms with E-state index in [0.29, 0.717) is 25.1 Å². The van der Waals surface area contributed by atoms with Gasteiger partial charge in [0, 0.05) is 43.2 Å². The molecule has 1 unspecified atom stereocenters. The van der Waals surface area contributed by atoms with Crippen molar-refractivity contribution in [2.75, 3.05) is 33.3 Å². The second kappa shape index (κ2) is 7.55. The zero-order valence-corrected chi connectivity index (χ0v) is 15.5. The fraction of sp³-hybridized carbons (Fsp3) is 0.318. The Bertz CT molecular complexity index is 949. The summed E-state index contributed by atoms with van der Waals surface area (Å²) in [5.41, 5.74) is 3.64. The van der Waals surface area contributed by atoms with E-state index in [2.05, 4.69) is 18.0 Å². The quantitative estimate of drug-likeness (QED) is 0.772. The van der Waals surface area contributed by atoms with Gasteiger partial charge in [0.15, 0.2) is 0 Å². The number of furan rings is 1. The minimum atomic E-state index is 0.0530. The average Bonchev–Trinajstić information content (AvgIpc) is 3.17. The second-order valence-corrected chi connectivity index (χ2v) is 7.15. The average molecular weight is 364 g/mol. The normalized spacial score (nSPS) is 18.1. The molecule has 0 spiro atoms. The Morgan fingerprint density at radius 2 is 2.00 bits per heavy atom. The third-order valence-electron chi connectivity index (χ3n) is 5.42. The van der Waals surface area contributed by atoms with Crippen LogP contribution in [0.3, 0.4) is 0 Å². The monoisotopic (exact) mass is 364 g/mol. The molecule has 5 heteroatoms. The molecule has 0 bridgehead atoms. The van der Waals surface area contributed by atoms with Crippen molar-refractivity contribution < 1.29 is 14.3 Å². The molecule has 0 aliphatic carbocycles. The van der Waals surface area contributed by atoms with Gasteiger partial charge in [-0.3, -0.25) is 9.69 Å². The highest BCUT2D eigenvalue weighted by atomic mass is 16.3. The first-order chi connectivity index (χ1) is 13.2. The molecule has 1 saturated heterocycles. The van der Waals surface area contributed by atoms with Gasteiger partial charge in [-0.15, -0.1) is 0 Å². The Morgan fingerprint density at radius 3 is 2.85 bits per heavy atom. The summed E-state index contributed by atoms with van der Waals surface area (Å²) in [6, 6.07) is 16.0. The maximum absolute atomic E-state index is 13.0. The lowest BCUT2D eigenvalue weighted by molar-refractivity contribution is 0.0500. The first kappa shape index (κ1) is 17.8. The van der Waals surface area contributed by atoms with Gasteiger partial charge in [-0.1, -0.05) is 18.2 Å². The molecule has 1 aliphatic rings. The number of benzene rings is 2. The molecule has 1 aliphatic heterocycles. The number of rotatable bonds is 4. The number of aliphatic hydroxyl groups is 1. The van der Waals surface area contributed by atoms with Crippen molar-refractivity contribution in [1.82, 2.24) is 9.80 Å². The minimum Gasteiger partial charge on any atom is -0.464 e. The molecule has 1 aromatic heterocycles. The number of fused-ring (bicyclic) bond motifs is 1. The van der Waals surface area contributed by atoms with E-state index in [9.17, 15) is 9.90 Å². The highest BCUT2D eigenvalue weighted by Gasteiger charge is 2.27. The zero-order chi connectivity index (χ0) is 18.8. The third kappa shape index (κ3) is 3.61. The standard InChI is InChI=1S/C22H24N2O3/c1-23-9-10-24(15-20(23)7-11-25)22(26)19-4-2-3-16(14-19)17-5-6-21-18(13-17)8-12-27-21/h2-6,8,12-14,20,25H,7,9-11,15H2,1H3. The minimum absolute atomic E-state index is 0.0530. The van der Waals surface area contributed by atoms with Crippen LogP contribution in [0.25, 0.3) is 22.1 Å². The predicted molar refractivity (Wildman–Crippen MR) is 106 cm³/mol. The molecular formula is C22H24N2O3. The van der Waals surface area contributed by atoms with Crippen LogP contribution in [0.4, 0.5) is 0 Å². The van der Waals surface area contributed by atoms with E-state index in [0.717, 1.165) is 28.6 Å². The van der Waals surface area contributed by atoms with Gasteiger partial charge in [0.1, 0.15) is 5.58 Å². The molecule has 2 heterocycles. The SMILES string of the molecule is CN1CCN(C(=O)c2cccc(-c3ccc4occc4c3)c2)CC1CCO. The zero-order valence-electron chi connectivity index (χ0n) is 15.5. The van der Waals surface area contributed by atoms with Crippen LogP contribution in [0.1, 0.15) is 16.8 Å². The van der Waals surface area contributed by atoms with Crippen LogP contribution < -0.4 is 0 Å². The summed E-state index contributed by atoms with van der Waals surface area (Å²) in [5, 5.41) is 10.3. The Balaban J connectivity index is 1.57. The molecule has 0 saturated carbocycles. The van der Waals surface area contributed by atoms with E-state index in [4.69, 9.17) is 4.42 Å². The lowest BCUT2D eigenvalue weighted by Crippen LogP contribution is -2.53. The maximum atomic E-state index is 13.0. The summed E-state index contributed by atoms with van der Waals surface area (Å²) in [5.74, 6) is 0.0530. The topological polar surface area (TPSA) is 56.9 Å². The first-order valence-corrected chi connectivity index (χ1v) is 9.34. The fourth-order valence-corrected chi connectivity index (χ4v) is 3.75. The number of nitrogens with zero attached hydrogens (tertiary/aromatic N) is 2. The van der Waals surface area contributed by atoms with Crippen LogP contribution in [0.5, 0.6) is 0 Å². The predicted octanol–water partition coefficient (Wildman–Crippen LogP) is 3.24. The van der Waals surface area contributed by atoms with Crippen LogP contribution in [-0.2, 0) is 0 Å². The molecule has 0 radical (unpaired) electrons. The number of likely N-dealkylation sites (N-methyl/N-ethyl adjacent to an activating group) is 1. The van der Waals surface area contributed by atoms with E-state index >= 15 is 0 Å². The van der Waals surface area contributed by atoms with Crippen molar-refractivity contribution in [3.63, 3.8) is 0 Å². The number of hydrogen-bond acceptors (Lipinski definition) is 4. The lowest BCUT2D eigenvalue weighted by Gasteiger charge is -2.39. The van der Waals surface area contributed by atoms with Gasteiger partial charge in [0.2, 0.25) is 0 Å². The molecule has 1 amide bonds. The van der Waals surface area contributed by atoms with E-state index in [1.807, 2.05) is 47.4 Å². The Morgan fingerprint density at radius 1 is 1.15 bits per heavy atom. The van der Waals surface area contributed by atoms with Gasteiger partial charge in [-0.2, -0.15) is 0 Å². The van der Waals surface area contributed by atoms with Gasteiger partial charge >= 0.3 is 0 Å². The van der Waals surface area contributed by atoms with Crippen LogP contribution in [0.2, 0.25) is 0 Å². The third-order valence-corrected chi connectivity index (χ3v) is 5.42. The Kier molecular flexibility index (Phi) is 4.97. The number of amides is 1. The summed E-state index contributed by atoms with van der Waals surface area (Å²) in [6.45, 7) is 2.33. The number of aliphatic hydroxyl groups excluding tert-OH is 1. The lowest BCUT2D eigenvalue weighted by atomic mass is 10.0. The molecule has 1 fully saturated rings. The van der Waals surface area contributed by atoms with Gasteiger partial charge in [-0.05, 0) is 54.9 Å². The summed E-state index contributed by atoms with van der Waals surface area (Å²) in [4.78, 5) is 17.2. The second-order valence-electron chi connectivity index (χ2n) is 7.15. The van der Waals surface area contributed by atoms with E-state index in [-0.39, 0.29) is 18.6 Å². The number of carbonyl (C=O) groups is 1. The number of hydrogen-bond donors (Lipinski definition) is 1. The molecule has 1 atom stereocenters.